The first kappa shape index (κ1) is 17.6. The third-order valence-electron chi connectivity index (χ3n) is 8.01. The molecule has 0 saturated heterocycles. The summed E-state index contributed by atoms with van der Waals surface area (Å²) in [6.07, 6.45) is 16.5. The predicted molar refractivity (Wildman–Crippen MR) is 100 cm³/mol. The molecule has 0 aromatic rings. The van der Waals surface area contributed by atoms with E-state index in [4.69, 9.17) is 11.2 Å². The molecule has 26 heavy (non-hydrogen) atoms. The van der Waals surface area contributed by atoms with Gasteiger partial charge in [-0.05, 0) is 56.4 Å². The van der Waals surface area contributed by atoms with E-state index < -0.39 is 5.60 Å². The zero-order valence-corrected chi connectivity index (χ0v) is 16.1. The number of esters is 1. The van der Waals surface area contributed by atoms with Crippen LogP contribution in [0.25, 0.3) is 0 Å². The number of fused-ring (bicyclic) bond motifs is 5. The Bertz CT molecular complexity index is 782. The summed E-state index contributed by atoms with van der Waals surface area (Å²) in [5.41, 5.74) is 1.87. The van der Waals surface area contributed by atoms with Crippen molar-refractivity contribution in [2.75, 3.05) is 0 Å². The molecule has 4 rings (SSSR count). The first-order chi connectivity index (χ1) is 12.3. The van der Waals surface area contributed by atoms with Crippen molar-refractivity contribution in [3.05, 3.63) is 23.3 Å². The fourth-order valence-electron chi connectivity index (χ4n) is 6.53. The van der Waals surface area contributed by atoms with Crippen LogP contribution in [0, 0.1) is 35.0 Å². The van der Waals surface area contributed by atoms with E-state index in [0.717, 1.165) is 38.5 Å². The molecule has 4 aliphatic rings. The van der Waals surface area contributed by atoms with Crippen LogP contribution in [-0.4, -0.2) is 17.4 Å². The largest absolute Gasteiger partial charge is 0.445 e. The van der Waals surface area contributed by atoms with Crippen molar-refractivity contribution in [1.29, 1.82) is 0 Å². The molecular formula is C23H28O3. The maximum atomic E-state index is 11.9. The number of carbonyl (C=O) groups excluding carboxylic acids is 2. The van der Waals surface area contributed by atoms with Gasteiger partial charge in [-0.2, -0.15) is 0 Å². The Kier molecular flexibility index (Phi) is 3.78. The van der Waals surface area contributed by atoms with Gasteiger partial charge in [-0.1, -0.05) is 37.0 Å². The van der Waals surface area contributed by atoms with Crippen molar-refractivity contribution < 1.29 is 14.3 Å². The Balaban J connectivity index is 1.76. The third kappa shape index (κ3) is 2.14. The molecule has 2 saturated carbocycles. The maximum Gasteiger partial charge on any atom is 0.304 e. The van der Waals surface area contributed by atoms with Gasteiger partial charge in [0.15, 0.2) is 11.4 Å². The van der Waals surface area contributed by atoms with Crippen LogP contribution >= 0.6 is 0 Å². The lowest BCUT2D eigenvalue weighted by molar-refractivity contribution is -0.162. The van der Waals surface area contributed by atoms with Crippen LogP contribution in [0.15, 0.2) is 23.3 Å². The van der Waals surface area contributed by atoms with Gasteiger partial charge in [0.2, 0.25) is 0 Å². The maximum absolute atomic E-state index is 11.9. The number of rotatable bonds is 1. The van der Waals surface area contributed by atoms with Crippen LogP contribution in [0.3, 0.4) is 0 Å². The quantitative estimate of drug-likeness (QED) is 0.400. The number of ketones is 1. The summed E-state index contributed by atoms with van der Waals surface area (Å²) in [5, 5.41) is 0. The Morgan fingerprint density at radius 2 is 2.04 bits per heavy atom. The second kappa shape index (κ2) is 5.59. The Morgan fingerprint density at radius 3 is 2.73 bits per heavy atom. The normalized spacial score (nSPS) is 44.0. The van der Waals surface area contributed by atoms with Gasteiger partial charge < -0.3 is 4.74 Å². The molecule has 0 aromatic carbocycles. The van der Waals surface area contributed by atoms with Crippen LogP contribution in [-0.2, 0) is 14.3 Å². The third-order valence-corrected chi connectivity index (χ3v) is 8.01. The van der Waals surface area contributed by atoms with Crippen molar-refractivity contribution in [3.63, 3.8) is 0 Å². The smallest absolute Gasteiger partial charge is 0.304 e. The molecule has 3 heteroatoms. The van der Waals surface area contributed by atoms with Gasteiger partial charge in [0, 0.05) is 24.2 Å². The van der Waals surface area contributed by atoms with Crippen LogP contribution in [0.4, 0.5) is 0 Å². The van der Waals surface area contributed by atoms with E-state index in [-0.39, 0.29) is 22.6 Å². The average molecular weight is 352 g/mol. The van der Waals surface area contributed by atoms with Crippen LogP contribution < -0.4 is 0 Å². The Morgan fingerprint density at radius 1 is 1.27 bits per heavy atom. The summed E-state index contributed by atoms with van der Waals surface area (Å²) in [4.78, 5) is 23.7. The minimum atomic E-state index is -0.787. The summed E-state index contributed by atoms with van der Waals surface area (Å²) < 4.78 is 5.79. The van der Waals surface area contributed by atoms with E-state index in [9.17, 15) is 9.59 Å². The van der Waals surface area contributed by atoms with E-state index in [0.29, 0.717) is 18.3 Å². The van der Waals surface area contributed by atoms with Gasteiger partial charge in [0.25, 0.3) is 0 Å². The summed E-state index contributed by atoms with van der Waals surface area (Å²) in [6, 6.07) is 0. The van der Waals surface area contributed by atoms with Crippen LogP contribution in [0.1, 0.15) is 65.7 Å². The zero-order valence-electron chi connectivity index (χ0n) is 16.1. The number of hydrogen-bond acceptors (Lipinski definition) is 3. The molecule has 0 radical (unpaired) electrons. The molecule has 3 nitrogen and oxygen atoms in total. The van der Waals surface area contributed by atoms with Crippen LogP contribution in [0.2, 0.25) is 0 Å². The molecule has 0 amide bonds. The highest BCUT2D eigenvalue weighted by molar-refractivity contribution is 5.92. The molecule has 4 aliphatic carbocycles. The number of allylic oxidation sites excluding steroid dienone is 4. The van der Waals surface area contributed by atoms with Gasteiger partial charge >= 0.3 is 5.97 Å². The minimum Gasteiger partial charge on any atom is -0.445 e. The lowest BCUT2D eigenvalue weighted by Gasteiger charge is -2.54. The summed E-state index contributed by atoms with van der Waals surface area (Å²) in [7, 11) is 0. The topological polar surface area (TPSA) is 43.4 Å². The highest BCUT2D eigenvalue weighted by Crippen LogP contribution is 2.66. The molecule has 0 bridgehead atoms. The number of ether oxygens (including phenoxy) is 1. The molecule has 0 spiro atoms. The van der Waals surface area contributed by atoms with Gasteiger partial charge in [-0.15, -0.1) is 6.42 Å². The Labute approximate surface area is 156 Å². The SMILES string of the molecule is C#C[C@@]1(OC(C)=O)CC[C@H]2[C@@H]3CCC4=CC(=O)CC[C@]4(C)C3=CC[C@@]21C. The fourth-order valence-corrected chi connectivity index (χ4v) is 6.53. The van der Waals surface area contributed by atoms with Crippen molar-refractivity contribution in [3.8, 4) is 12.3 Å². The monoisotopic (exact) mass is 352 g/mol. The standard InChI is InChI=1S/C23H28O3/c1-5-23(26-15(2)24)13-10-20-18-7-6-16-14-17(25)8-11-21(16,3)19(18)9-12-22(20,23)4/h1,9,14,18,20H,6-8,10-13H2,2-4H3/t18-,20+,21+,22+,23-/m1/s1. The molecule has 0 N–H and O–H groups in total. The predicted octanol–water partition coefficient (Wildman–Crippen LogP) is 4.37. The minimum absolute atomic E-state index is 0.0288. The molecule has 0 heterocycles. The lowest BCUT2D eigenvalue weighted by Crippen LogP contribution is -2.52. The molecular weight excluding hydrogens is 324 g/mol. The van der Waals surface area contributed by atoms with Gasteiger partial charge in [0.05, 0.1) is 0 Å². The second-order valence-corrected chi connectivity index (χ2v) is 9.10. The lowest BCUT2D eigenvalue weighted by atomic mass is 9.51. The van der Waals surface area contributed by atoms with Crippen molar-refractivity contribution in [1.82, 2.24) is 0 Å². The number of hydrogen-bond donors (Lipinski definition) is 0. The van der Waals surface area contributed by atoms with E-state index in [2.05, 4.69) is 25.8 Å². The van der Waals surface area contributed by atoms with E-state index in [1.807, 2.05) is 6.08 Å². The summed E-state index contributed by atoms with van der Waals surface area (Å²) in [6.45, 7) is 6.00. The Hall–Kier alpha value is -1.82. The highest BCUT2D eigenvalue weighted by atomic mass is 16.6. The van der Waals surface area contributed by atoms with E-state index >= 15 is 0 Å². The molecule has 5 atom stereocenters. The summed E-state index contributed by atoms with van der Waals surface area (Å²) >= 11 is 0. The number of terminal acetylenes is 1. The summed E-state index contributed by atoms with van der Waals surface area (Å²) in [5.74, 6) is 3.80. The fraction of sp³-hybridized carbons (Fsp3) is 0.652. The van der Waals surface area contributed by atoms with Crippen LogP contribution in [0.5, 0.6) is 0 Å². The average Bonchev–Trinajstić information content (AvgIpc) is 2.88. The molecule has 0 aliphatic heterocycles. The molecule has 0 unspecified atom stereocenters. The van der Waals surface area contributed by atoms with E-state index in [1.165, 1.54) is 18.1 Å². The molecule has 138 valence electrons. The molecule has 2 fully saturated rings. The highest BCUT2D eigenvalue weighted by Gasteiger charge is 2.63. The number of carbonyl (C=O) groups is 2. The van der Waals surface area contributed by atoms with Gasteiger partial charge in [0.1, 0.15) is 0 Å². The first-order valence-electron chi connectivity index (χ1n) is 9.87. The van der Waals surface area contributed by atoms with Crippen molar-refractivity contribution >= 4 is 11.8 Å². The van der Waals surface area contributed by atoms with E-state index in [1.54, 1.807) is 0 Å². The zero-order chi connectivity index (χ0) is 18.7. The second-order valence-electron chi connectivity index (χ2n) is 9.10. The first-order valence-corrected chi connectivity index (χ1v) is 9.87. The molecule has 0 aromatic heterocycles. The van der Waals surface area contributed by atoms with Crippen molar-refractivity contribution in [2.45, 2.75) is 71.3 Å². The van der Waals surface area contributed by atoms with Gasteiger partial charge in [-0.3, -0.25) is 9.59 Å². The van der Waals surface area contributed by atoms with Gasteiger partial charge in [-0.25, -0.2) is 0 Å². The van der Waals surface area contributed by atoms with Crippen molar-refractivity contribution in [2.24, 2.45) is 22.7 Å².